The van der Waals surface area contributed by atoms with Crippen LogP contribution < -0.4 is 9.80 Å². The van der Waals surface area contributed by atoms with Crippen molar-refractivity contribution in [3.63, 3.8) is 0 Å². The Morgan fingerprint density at radius 2 is 2.24 bits per heavy atom. The number of carbonyl (C=O) groups is 1. The lowest BCUT2D eigenvalue weighted by molar-refractivity contribution is -0.117. The van der Waals surface area contributed by atoms with Crippen LogP contribution in [0.4, 0.5) is 11.4 Å². The highest BCUT2D eigenvalue weighted by atomic mass is 32.1. The topological polar surface area (TPSA) is 47.3 Å². The summed E-state index contributed by atoms with van der Waals surface area (Å²) in [4.78, 5) is 15.5. The van der Waals surface area contributed by atoms with E-state index in [9.17, 15) is 4.79 Å². The summed E-state index contributed by atoms with van der Waals surface area (Å²) in [6.07, 6.45) is 0. The van der Waals surface area contributed by atoms with Crippen LogP contribution in [0.25, 0.3) is 0 Å². The molecule has 1 aliphatic rings. The summed E-state index contributed by atoms with van der Waals surface area (Å²) in [7, 11) is 1.86. The number of rotatable bonds is 2. The normalized spacial score (nSPS) is 14.5. The van der Waals surface area contributed by atoms with Crippen molar-refractivity contribution in [2.45, 2.75) is 0 Å². The van der Waals surface area contributed by atoms with Gasteiger partial charge in [-0.05, 0) is 18.2 Å². The molecule has 1 aromatic carbocycles. The number of fused-ring (bicyclic) bond motifs is 1. The third-order valence-electron chi connectivity index (χ3n) is 2.80. The molecule has 0 saturated carbocycles. The van der Waals surface area contributed by atoms with E-state index in [0.29, 0.717) is 24.4 Å². The molecule has 88 valence electrons. The van der Waals surface area contributed by atoms with Crippen LogP contribution in [0.3, 0.4) is 0 Å². The Morgan fingerprint density at radius 1 is 1.47 bits per heavy atom. The first-order chi connectivity index (χ1) is 8.17. The molecule has 0 radical (unpaired) electrons. The zero-order valence-electron chi connectivity index (χ0n) is 9.55. The van der Waals surface area contributed by atoms with E-state index in [1.807, 2.05) is 24.1 Å². The summed E-state index contributed by atoms with van der Waals surface area (Å²) in [5.41, 5.74) is 2.39. The fourth-order valence-corrected chi connectivity index (χ4v) is 2.18. The van der Waals surface area contributed by atoms with Crippen LogP contribution in [0.1, 0.15) is 5.56 Å². The number of hydrogen-bond acceptors (Lipinski definition) is 4. The Bertz CT molecular complexity index is 495. The van der Waals surface area contributed by atoms with E-state index in [4.69, 9.17) is 5.26 Å². The standard InChI is InChI=1S/C12H13N3OS/c1-14-8-12(16)15(4-5-17)10-3-2-9(7-13)6-11(10)14/h2-3,6,17H,4-5,8H2,1H3. The molecule has 0 unspecified atom stereocenters. The highest BCUT2D eigenvalue weighted by Gasteiger charge is 2.26. The number of thiol groups is 1. The Labute approximate surface area is 106 Å². The van der Waals surface area contributed by atoms with Crippen molar-refractivity contribution in [1.29, 1.82) is 5.26 Å². The summed E-state index contributed by atoms with van der Waals surface area (Å²) in [6.45, 7) is 0.935. The van der Waals surface area contributed by atoms with Crippen LogP contribution >= 0.6 is 12.6 Å². The van der Waals surface area contributed by atoms with Gasteiger partial charge >= 0.3 is 0 Å². The molecule has 0 saturated heterocycles. The summed E-state index contributed by atoms with van der Waals surface area (Å²) in [6, 6.07) is 7.48. The predicted molar refractivity (Wildman–Crippen MR) is 70.6 cm³/mol. The van der Waals surface area contributed by atoms with Gasteiger partial charge in [0.05, 0.1) is 29.6 Å². The van der Waals surface area contributed by atoms with E-state index in [1.54, 1.807) is 11.0 Å². The molecule has 1 aliphatic heterocycles. The summed E-state index contributed by atoms with van der Waals surface area (Å²) in [5.74, 6) is 0.688. The van der Waals surface area contributed by atoms with Gasteiger partial charge in [-0.3, -0.25) is 4.79 Å². The van der Waals surface area contributed by atoms with Gasteiger partial charge in [0, 0.05) is 19.3 Å². The smallest absolute Gasteiger partial charge is 0.246 e. The van der Waals surface area contributed by atoms with E-state index in [0.717, 1.165) is 11.4 Å². The van der Waals surface area contributed by atoms with Gasteiger partial charge in [0.2, 0.25) is 5.91 Å². The van der Waals surface area contributed by atoms with Crippen LogP contribution in [0.5, 0.6) is 0 Å². The van der Waals surface area contributed by atoms with Crippen molar-refractivity contribution in [1.82, 2.24) is 0 Å². The first-order valence-corrected chi connectivity index (χ1v) is 5.97. The largest absolute Gasteiger partial charge is 0.364 e. The first kappa shape index (κ1) is 11.8. The highest BCUT2D eigenvalue weighted by molar-refractivity contribution is 7.80. The molecular formula is C12H13N3OS. The monoisotopic (exact) mass is 247 g/mol. The molecule has 1 heterocycles. The van der Waals surface area contributed by atoms with Gasteiger partial charge in [0.15, 0.2) is 0 Å². The van der Waals surface area contributed by atoms with Crippen LogP contribution in [-0.2, 0) is 4.79 Å². The molecule has 0 aliphatic carbocycles. The molecule has 1 amide bonds. The van der Waals surface area contributed by atoms with Crippen molar-refractivity contribution in [3.05, 3.63) is 23.8 Å². The van der Waals surface area contributed by atoms with Crippen LogP contribution in [0, 0.1) is 11.3 Å². The second-order valence-electron chi connectivity index (χ2n) is 3.94. The van der Waals surface area contributed by atoms with Gasteiger partial charge < -0.3 is 9.80 Å². The number of nitrogens with zero attached hydrogens (tertiary/aromatic N) is 3. The second-order valence-corrected chi connectivity index (χ2v) is 4.39. The molecule has 2 rings (SSSR count). The molecule has 5 heteroatoms. The zero-order valence-corrected chi connectivity index (χ0v) is 10.4. The predicted octanol–water partition coefficient (Wildman–Crippen LogP) is 1.27. The quantitative estimate of drug-likeness (QED) is 0.801. The lowest BCUT2D eigenvalue weighted by atomic mass is 10.1. The Balaban J connectivity index is 2.48. The number of hydrogen-bond donors (Lipinski definition) is 1. The van der Waals surface area contributed by atoms with E-state index < -0.39 is 0 Å². The summed E-state index contributed by atoms with van der Waals surface area (Å²) >= 11 is 4.16. The summed E-state index contributed by atoms with van der Waals surface area (Å²) in [5, 5.41) is 8.89. The van der Waals surface area contributed by atoms with E-state index in [2.05, 4.69) is 18.7 Å². The van der Waals surface area contributed by atoms with Gasteiger partial charge in [-0.15, -0.1) is 0 Å². The molecule has 0 N–H and O–H groups in total. The molecule has 0 atom stereocenters. The molecule has 0 bridgehead atoms. The highest BCUT2D eigenvalue weighted by Crippen LogP contribution is 2.33. The van der Waals surface area contributed by atoms with Crippen LogP contribution in [-0.4, -0.2) is 31.8 Å². The minimum Gasteiger partial charge on any atom is -0.364 e. The van der Waals surface area contributed by atoms with Crippen LogP contribution in [0.15, 0.2) is 18.2 Å². The van der Waals surface area contributed by atoms with Crippen molar-refractivity contribution in [2.24, 2.45) is 0 Å². The number of likely N-dealkylation sites (N-methyl/N-ethyl adjacent to an activating group) is 1. The number of nitriles is 1. The average molecular weight is 247 g/mol. The molecule has 0 fully saturated rings. The Morgan fingerprint density at radius 3 is 2.88 bits per heavy atom. The van der Waals surface area contributed by atoms with Crippen molar-refractivity contribution >= 4 is 29.9 Å². The molecular weight excluding hydrogens is 234 g/mol. The van der Waals surface area contributed by atoms with Gasteiger partial charge in [-0.25, -0.2) is 0 Å². The van der Waals surface area contributed by atoms with Crippen molar-refractivity contribution in [2.75, 3.05) is 35.7 Å². The molecule has 4 nitrogen and oxygen atoms in total. The molecule has 17 heavy (non-hydrogen) atoms. The SMILES string of the molecule is CN1CC(=O)N(CCS)c2ccc(C#N)cc21. The first-order valence-electron chi connectivity index (χ1n) is 5.34. The number of anilines is 2. The second kappa shape index (κ2) is 4.68. The average Bonchev–Trinajstić information content (AvgIpc) is 2.34. The maximum absolute atomic E-state index is 11.9. The number of carbonyl (C=O) groups excluding carboxylic acids is 1. The Hall–Kier alpha value is -1.67. The maximum atomic E-state index is 11.9. The minimum absolute atomic E-state index is 0.0683. The lowest BCUT2D eigenvalue weighted by Crippen LogP contribution is -2.45. The van der Waals surface area contributed by atoms with Crippen molar-refractivity contribution < 1.29 is 4.79 Å². The van der Waals surface area contributed by atoms with Crippen LogP contribution in [0.2, 0.25) is 0 Å². The number of benzene rings is 1. The van der Waals surface area contributed by atoms with E-state index in [1.165, 1.54) is 0 Å². The van der Waals surface area contributed by atoms with Gasteiger partial charge in [-0.2, -0.15) is 17.9 Å². The van der Waals surface area contributed by atoms with Gasteiger partial charge in [-0.1, -0.05) is 0 Å². The van der Waals surface area contributed by atoms with Gasteiger partial charge in [0.1, 0.15) is 0 Å². The molecule has 0 aromatic heterocycles. The van der Waals surface area contributed by atoms with Crippen molar-refractivity contribution in [3.8, 4) is 6.07 Å². The minimum atomic E-state index is 0.0683. The summed E-state index contributed by atoms with van der Waals surface area (Å²) < 4.78 is 0. The fraction of sp³-hybridized carbons (Fsp3) is 0.333. The third kappa shape index (κ3) is 2.08. The lowest BCUT2D eigenvalue weighted by Gasteiger charge is -2.35. The molecule has 0 spiro atoms. The number of amides is 1. The zero-order chi connectivity index (χ0) is 12.4. The fourth-order valence-electron chi connectivity index (χ4n) is 1.98. The Kier molecular flexibility index (Phi) is 3.25. The van der Waals surface area contributed by atoms with Gasteiger partial charge in [0.25, 0.3) is 0 Å². The maximum Gasteiger partial charge on any atom is 0.246 e. The van der Waals surface area contributed by atoms with E-state index >= 15 is 0 Å². The molecule has 1 aromatic rings. The van der Waals surface area contributed by atoms with E-state index in [-0.39, 0.29) is 5.91 Å². The third-order valence-corrected chi connectivity index (χ3v) is 3.00.